The van der Waals surface area contributed by atoms with E-state index in [0.717, 1.165) is 17.7 Å². The second-order valence-corrected chi connectivity index (χ2v) is 10.7. The Morgan fingerprint density at radius 3 is 2.41 bits per heavy atom. The van der Waals surface area contributed by atoms with Gasteiger partial charge in [-0.1, -0.05) is 48.0 Å². The van der Waals surface area contributed by atoms with Crippen LogP contribution < -0.4 is 16.4 Å². The topological polar surface area (TPSA) is 100 Å². The minimum atomic E-state index is -0.258. The van der Waals surface area contributed by atoms with Crippen molar-refractivity contribution in [2.45, 2.75) is 32.2 Å². The van der Waals surface area contributed by atoms with E-state index in [2.05, 4.69) is 41.3 Å². The second-order valence-electron chi connectivity index (χ2n) is 10.2. The first-order valence-electron chi connectivity index (χ1n) is 12.2. The third kappa shape index (κ3) is 6.76. The minimum absolute atomic E-state index is 0.0221. The number of para-hydroxylation sites is 2. The van der Waals surface area contributed by atoms with Crippen LogP contribution in [0.3, 0.4) is 0 Å². The summed E-state index contributed by atoms with van der Waals surface area (Å²) in [5.74, 6) is -0.0500. The Hall–Kier alpha value is -3.68. The summed E-state index contributed by atoms with van der Waals surface area (Å²) in [6.07, 6.45) is 4.75. The van der Waals surface area contributed by atoms with E-state index in [-0.39, 0.29) is 29.2 Å². The Balaban J connectivity index is 1.47. The average Bonchev–Trinajstić information content (AvgIpc) is 3.32. The van der Waals surface area contributed by atoms with E-state index in [1.807, 2.05) is 36.4 Å². The summed E-state index contributed by atoms with van der Waals surface area (Å²) < 4.78 is 0. The Bertz CT molecular complexity index is 1280. The molecular weight excluding hydrogens is 486 g/mol. The lowest BCUT2D eigenvalue weighted by Gasteiger charge is -2.31. The molecule has 1 aliphatic rings. The number of halogens is 1. The smallest absolute Gasteiger partial charge is 0.248 e. The zero-order valence-corrected chi connectivity index (χ0v) is 22.0. The normalized spacial score (nSPS) is 18.2. The van der Waals surface area contributed by atoms with Crippen molar-refractivity contribution in [3.63, 3.8) is 0 Å². The van der Waals surface area contributed by atoms with Crippen LogP contribution in [0.25, 0.3) is 6.08 Å². The van der Waals surface area contributed by atoms with E-state index in [1.54, 1.807) is 30.3 Å². The summed E-state index contributed by atoms with van der Waals surface area (Å²) in [4.78, 5) is 32.2. The summed E-state index contributed by atoms with van der Waals surface area (Å²) in [7, 11) is 0. The van der Waals surface area contributed by atoms with Gasteiger partial charge in [-0.05, 0) is 62.2 Å². The van der Waals surface area contributed by atoms with E-state index in [4.69, 9.17) is 17.3 Å². The van der Waals surface area contributed by atoms with Crippen molar-refractivity contribution in [3.05, 3.63) is 89.1 Å². The number of pyridine rings is 1. The van der Waals surface area contributed by atoms with Crippen molar-refractivity contribution in [2.75, 3.05) is 29.5 Å². The van der Waals surface area contributed by atoms with Crippen LogP contribution in [-0.4, -0.2) is 40.3 Å². The van der Waals surface area contributed by atoms with Gasteiger partial charge in [-0.15, -0.1) is 0 Å². The Kier molecular flexibility index (Phi) is 7.95. The molecule has 4 N–H and O–H groups in total. The number of carbonyl (C=O) groups is 2. The van der Waals surface area contributed by atoms with Gasteiger partial charge in [0.25, 0.3) is 0 Å². The van der Waals surface area contributed by atoms with Gasteiger partial charge in [-0.25, -0.2) is 4.98 Å². The molecule has 192 valence electrons. The fourth-order valence-corrected chi connectivity index (χ4v) is 4.55. The van der Waals surface area contributed by atoms with Gasteiger partial charge in [0.2, 0.25) is 11.8 Å². The molecule has 2 unspecified atom stereocenters. The third-order valence-corrected chi connectivity index (χ3v) is 6.82. The number of benzene rings is 2. The zero-order valence-electron chi connectivity index (χ0n) is 21.2. The zero-order chi connectivity index (χ0) is 26.6. The molecule has 4 rings (SSSR count). The molecule has 1 fully saturated rings. The van der Waals surface area contributed by atoms with Gasteiger partial charge in [0, 0.05) is 36.8 Å². The number of nitrogens with two attached hydrogens (primary N) is 1. The lowest BCUT2D eigenvalue weighted by Crippen LogP contribution is -2.40. The van der Waals surface area contributed by atoms with Gasteiger partial charge >= 0.3 is 0 Å². The van der Waals surface area contributed by atoms with E-state index >= 15 is 0 Å². The van der Waals surface area contributed by atoms with Crippen molar-refractivity contribution in [3.8, 4) is 0 Å². The molecule has 1 aliphatic heterocycles. The standard InChI is InChI=1S/C29H32ClN5O2/c1-29(2,3)35-17-22(23(18-35)28(37)34-26-14-13-21(30)16-32-26)20-11-8-19(9-12-20)10-15-27(36)33-25-7-5-4-6-24(25)31/h4-16,22-23H,17-18,31H2,1-3H3,(H,33,36)(H,32,34,37)/b15-10+. The van der Waals surface area contributed by atoms with Crippen molar-refractivity contribution in [1.82, 2.24) is 9.88 Å². The lowest BCUT2D eigenvalue weighted by atomic mass is 9.88. The molecule has 37 heavy (non-hydrogen) atoms. The van der Waals surface area contributed by atoms with Gasteiger partial charge in [-0.3, -0.25) is 14.5 Å². The Labute approximate surface area is 222 Å². The van der Waals surface area contributed by atoms with E-state index in [0.29, 0.717) is 28.8 Å². The van der Waals surface area contributed by atoms with Crippen molar-refractivity contribution >= 4 is 46.7 Å². The quantitative estimate of drug-likeness (QED) is 0.299. The number of aromatic nitrogens is 1. The number of anilines is 3. The molecule has 0 bridgehead atoms. The van der Waals surface area contributed by atoms with E-state index in [1.165, 1.54) is 12.3 Å². The van der Waals surface area contributed by atoms with Crippen LogP contribution in [0, 0.1) is 5.92 Å². The molecule has 3 aromatic rings. The highest BCUT2D eigenvalue weighted by Gasteiger charge is 2.42. The predicted molar refractivity (Wildman–Crippen MR) is 150 cm³/mol. The summed E-state index contributed by atoms with van der Waals surface area (Å²) in [6.45, 7) is 7.90. The first-order chi connectivity index (χ1) is 17.6. The fourth-order valence-electron chi connectivity index (χ4n) is 4.44. The van der Waals surface area contributed by atoms with Crippen LogP contribution in [-0.2, 0) is 9.59 Å². The molecule has 2 atom stereocenters. The Morgan fingerprint density at radius 2 is 1.76 bits per heavy atom. The summed E-state index contributed by atoms with van der Waals surface area (Å²) in [5.41, 5.74) is 8.88. The molecule has 2 heterocycles. The van der Waals surface area contributed by atoms with Crippen LogP contribution in [0.2, 0.25) is 5.02 Å². The monoisotopic (exact) mass is 517 g/mol. The van der Waals surface area contributed by atoms with Crippen LogP contribution in [0.1, 0.15) is 37.8 Å². The molecule has 0 spiro atoms. The molecule has 2 amide bonds. The molecule has 0 saturated carbocycles. The SMILES string of the molecule is CC(C)(C)N1CC(C(=O)Nc2ccc(Cl)cn2)C(c2ccc(/C=C/C(=O)Nc3ccccc3N)cc2)C1. The number of rotatable bonds is 6. The highest BCUT2D eigenvalue weighted by atomic mass is 35.5. The van der Waals surface area contributed by atoms with Gasteiger partial charge in [0.1, 0.15) is 5.82 Å². The molecule has 1 aromatic heterocycles. The number of nitrogens with one attached hydrogen (secondary N) is 2. The molecular formula is C29H32ClN5O2. The van der Waals surface area contributed by atoms with Crippen LogP contribution in [0.5, 0.6) is 0 Å². The number of likely N-dealkylation sites (tertiary alicyclic amines) is 1. The highest BCUT2D eigenvalue weighted by molar-refractivity contribution is 6.30. The molecule has 0 radical (unpaired) electrons. The maximum absolute atomic E-state index is 13.3. The number of carbonyl (C=O) groups excluding carboxylic acids is 2. The Morgan fingerprint density at radius 1 is 1.03 bits per heavy atom. The van der Waals surface area contributed by atoms with Crippen molar-refractivity contribution in [1.29, 1.82) is 0 Å². The summed E-state index contributed by atoms with van der Waals surface area (Å²) in [6, 6.07) is 18.5. The molecule has 2 aromatic carbocycles. The van der Waals surface area contributed by atoms with Crippen LogP contribution in [0.15, 0.2) is 72.9 Å². The lowest BCUT2D eigenvalue weighted by molar-refractivity contribution is -0.120. The number of hydrogen-bond acceptors (Lipinski definition) is 5. The molecule has 7 nitrogen and oxygen atoms in total. The number of nitrogen functional groups attached to an aromatic ring is 1. The largest absolute Gasteiger partial charge is 0.397 e. The van der Waals surface area contributed by atoms with Gasteiger partial charge < -0.3 is 16.4 Å². The first-order valence-corrected chi connectivity index (χ1v) is 12.6. The summed E-state index contributed by atoms with van der Waals surface area (Å²) in [5, 5.41) is 6.25. The van der Waals surface area contributed by atoms with Crippen LogP contribution >= 0.6 is 11.6 Å². The first kappa shape index (κ1) is 26.4. The average molecular weight is 518 g/mol. The molecule has 0 aliphatic carbocycles. The number of amides is 2. The number of nitrogens with zero attached hydrogens (tertiary/aromatic N) is 2. The second kappa shape index (κ2) is 11.2. The van der Waals surface area contributed by atoms with Gasteiger partial charge in [-0.2, -0.15) is 0 Å². The predicted octanol–water partition coefficient (Wildman–Crippen LogP) is 5.42. The fraction of sp³-hybridized carbons (Fsp3) is 0.276. The maximum Gasteiger partial charge on any atom is 0.248 e. The molecule has 1 saturated heterocycles. The van der Waals surface area contributed by atoms with Gasteiger partial charge in [0.05, 0.1) is 22.3 Å². The van der Waals surface area contributed by atoms with Crippen molar-refractivity contribution in [2.24, 2.45) is 5.92 Å². The maximum atomic E-state index is 13.3. The third-order valence-electron chi connectivity index (χ3n) is 6.59. The molecule has 8 heteroatoms. The van der Waals surface area contributed by atoms with E-state index in [9.17, 15) is 9.59 Å². The summed E-state index contributed by atoms with van der Waals surface area (Å²) >= 11 is 5.93. The number of hydrogen-bond donors (Lipinski definition) is 3. The van der Waals surface area contributed by atoms with Crippen molar-refractivity contribution < 1.29 is 9.59 Å². The highest BCUT2D eigenvalue weighted by Crippen LogP contribution is 2.37. The minimum Gasteiger partial charge on any atom is -0.397 e. The van der Waals surface area contributed by atoms with Gasteiger partial charge in [0.15, 0.2) is 0 Å². The van der Waals surface area contributed by atoms with E-state index < -0.39 is 0 Å². The van der Waals surface area contributed by atoms with Crippen LogP contribution in [0.4, 0.5) is 17.2 Å².